The van der Waals surface area contributed by atoms with Crippen LogP contribution in [-0.2, 0) is 6.54 Å². The van der Waals surface area contributed by atoms with Crippen molar-refractivity contribution >= 4 is 17.2 Å². The quantitative estimate of drug-likeness (QED) is 0.783. The molecule has 0 spiro atoms. The second-order valence-electron chi connectivity index (χ2n) is 4.72. The summed E-state index contributed by atoms with van der Waals surface area (Å²) < 4.78 is 1.89. The maximum absolute atomic E-state index is 11.9. The lowest BCUT2D eigenvalue weighted by Crippen LogP contribution is -2.28. The molecule has 0 aliphatic carbocycles. The fourth-order valence-corrected chi connectivity index (χ4v) is 2.74. The lowest BCUT2D eigenvalue weighted by atomic mass is 10.3. The number of hydrogen-bond acceptors (Lipinski definition) is 5. The van der Waals surface area contributed by atoms with Crippen LogP contribution in [0, 0.1) is 6.92 Å². The van der Waals surface area contributed by atoms with E-state index in [1.807, 2.05) is 29.1 Å². The highest BCUT2D eigenvalue weighted by molar-refractivity contribution is 7.13. The molecule has 0 aromatic carbocycles. The third-order valence-corrected chi connectivity index (χ3v) is 4.05. The Morgan fingerprint density at radius 2 is 2.32 bits per heavy atom. The Morgan fingerprint density at radius 1 is 1.41 bits per heavy atom. The normalized spacial score (nSPS) is 10.6. The average molecular weight is 313 g/mol. The lowest BCUT2D eigenvalue weighted by Gasteiger charge is -2.06. The third kappa shape index (κ3) is 3.20. The van der Waals surface area contributed by atoms with E-state index in [9.17, 15) is 4.79 Å². The monoisotopic (exact) mass is 313 g/mol. The molecule has 0 bridgehead atoms. The van der Waals surface area contributed by atoms with Gasteiger partial charge in [-0.05, 0) is 24.4 Å². The highest BCUT2D eigenvalue weighted by Gasteiger charge is 2.09. The maximum atomic E-state index is 11.9. The molecular formula is C15H15N5OS. The molecule has 0 aliphatic heterocycles. The molecule has 3 aromatic rings. The number of amides is 1. The SMILES string of the molecule is Cc1cc(-c2cccs2)nn1CCNC(=O)c1cnccn1. The summed E-state index contributed by atoms with van der Waals surface area (Å²) >= 11 is 1.66. The molecule has 6 nitrogen and oxygen atoms in total. The van der Waals surface area contributed by atoms with Gasteiger partial charge in [-0.1, -0.05) is 6.07 Å². The van der Waals surface area contributed by atoms with Crippen LogP contribution in [0.15, 0.2) is 42.2 Å². The molecule has 0 aliphatic rings. The number of carbonyl (C=O) groups is 1. The molecule has 22 heavy (non-hydrogen) atoms. The van der Waals surface area contributed by atoms with Crippen LogP contribution in [0.2, 0.25) is 0 Å². The van der Waals surface area contributed by atoms with Crippen LogP contribution in [0.1, 0.15) is 16.2 Å². The minimum absolute atomic E-state index is 0.226. The van der Waals surface area contributed by atoms with E-state index < -0.39 is 0 Å². The molecule has 3 aromatic heterocycles. The van der Waals surface area contributed by atoms with Crippen LogP contribution in [0.4, 0.5) is 0 Å². The number of nitrogens with zero attached hydrogens (tertiary/aromatic N) is 4. The van der Waals surface area contributed by atoms with E-state index in [4.69, 9.17) is 0 Å². The van der Waals surface area contributed by atoms with E-state index in [0.717, 1.165) is 16.3 Å². The van der Waals surface area contributed by atoms with Crippen molar-refractivity contribution < 1.29 is 4.79 Å². The zero-order chi connectivity index (χ0) is 15.4. The topological polar surface area (TPSA) is 72.7 Å². The first-order valence-corrected chi connectivity index (χ1v) is 7.74. The van der Waals surface area contributed by atoms with Crippen molar-refractivity contribution in [3.05, 3.63) is 53.6 Å². The third-order valence-electron chi connectivity index (χ3n) is 3.16. The van der Waals surface area contributed by atoms with Gasteiger partial charge in [-0.2, -0.15) is 5.10 Å². The van der Waals surface area contributed by atoms with Gasteiger partial charge in [0.2, 0.25) is 0 Å². The summed E-state index contributed by atoms with van der Waals surface area (Å²) in [6, 6.07) is 6.11. The summed E-state index contributed by atoms with van der Waals surface area (Å²) in [7, 11) is 0. The van der Waals surface area contributed by atoms with Crippen molar-refractivity contribution in [1.29, 1.82) is 0 Å². The van der Waals surface area contributed by atoms with E-state index in [1.165, 1.54) is 18.6 Å². The number of hydrogen-bond donors (Lipinski definition) is 1. The molecule has 112 valence electrons. The van der Waals surface area contributed by atoms with Crippen molar-refractivity contribution in [2.24, 2.45) is 0 Å². The smallest absolute Gasteiger partial charge is 0.271 e. The summed E-state index contributed by atoms with van der Waals surface area (Å²) in [4.78, 5) is 20.9. The zero-order valence-corrected chi connectivity index (χ0v) is 12.9. The van der Waals surface area contributed by atoms with Crippen molar-refractivity contribution in [3.8, 4) is 10.6 Å². The summed E-state index contributed by atoms with van der Waals surface area (Å²) in [5, 5.41) is 9.42. The molecule has 0 saturated heterocycles. The van der Waals surface area contributed by atoms with Crippen molar-refractivity contribution in [2.75, 3.05) is 6.54 Å². The van der Waals surface area contributed by atoms with Crippen LogP contribution >= 0.6 is 11.3 Å². The van der Waals surface area contributed by atoms with Crippen LogP contribution in [0.3, 0.4) is 0 Å². The fourth-order valence-electron chi connectivity index (χ4n) is 2.06. The van der Waals surface area contributed by atoms with Gasteiger partial charge in [0, 0.05) is 24.6 Å². The van der Waals surface area contributed by atoms with E-state index in [-0.39, 0.29) is 5.91 Å². The molecule has 0 fully saturated rings. The number of aryl methyl sites for hydroxylation is 1. The van der Waals surface area contributed by atoms with Gasteiger partial charge in [0.05, 0.1) is 17.6 Å². The first kappa shape index (κ1) is 14.4. The predicted octanol–water partition coefficient (Wildman–Crippen LogP) is 2.14. The summed E-state index contributed by atoms with van der Waals surface area (Å²) in [5.74, 6) is -0.226. The van der Waals surface area contributed by atoms with Crippen LogP contribution in [0.25, 0.3) is 10.6 Å². The first-order valence-electron chi connectivity index (χ1n) is 6.86. The first-order chi connectivity index (χ1) is 10.7. The zero-order valence-electron chi connectivity index (χ0n) is 12.1. The number of carbonyl (C=O) groups excluding carboxylic acids is 1. The predicted molar refractivity (Wildman–Crippen MR) is 84.6 cm³/mol. The van der Waals surface area contributed by atoms with Crippen molar-refractivity contribution in [3.63, 3.8) is 0 Å². The highest BCUT2D eigenvalue weighted by atomic mass is 32.1. The largest absolute Gasteiger partial charge is 0.349 e. The van der Waals surface area contributed by atoms with Crippen LogP contribution < -0.4 is 5.32 Å². The fraction of sp³-hybridized carbons (Fsp3) is 0.200. The molecule has 0 radical (unpaired) electrons. The van der Waals surface area contributed by atoms with E-state index >= 15 is 0 Å². The van der Waals surface area contributed by atoms with Crippen molar-refractivity contribution in [1.82, 2.24) is 25.1 Å². The molecule has 1 amide bonds. The Bertz CT molecular complexity index is 752. The summed E-state index contributed by atoms with van der Waals surface area (Å²) in [6.07, 6.45) is 4.49. The van der Waals surface area contributed by atoms with Crippen LogP contribution in [-0.4, -0.2) is 32.2 Å². The Labute approximate surface area is 131 Å². The second-order valence-corrected chi connectivity index (χ2v) is 5.67. The number of aromatic nitrogens is 4. The minimum atomic E-state index is -0.226. The Kier molecular flexibility index (Phi) is 4.24. The van der Waals surface area contributed by atoms with Crippen LogP contribution in [0.5, 0.6) is 0 Å². The molecular weight excluding hydrogens is 298 g/mol. The van der Waals surface area contributed by atoms with Gasteiger partial charge in [-0.15, -0.1) is 11.3 Å². The van der Waals surface area contributed by atoms with Gasteiger partial charge < -0.3 is 5.32 Å². The Morgan fingerprint density at radius 3 is 3.05 bits per heavy atom. The van der Waals surface area contributed by atoms with Gasteiger partial charge in [-0.25, -0.2) is 4.98 Å². The molecule has 0 atom stereocenters. The highest BCUT2D eigenvalue weighted by Crippen LogP contribution is 2.23. The molecule has 0 saturated carbocycles. The Balaban J connectivity index is 1.59. The van der Waals surface area contributed by atoms with Gasteiger partial charge >= 0.3 is 0 Å². The number of rotatable bonds is 5. The molecule has 3 heterocycles. The lowest BCUT2D eigenvalue weighted by molar-refractivity contribution is 0.0946. The maximum Gasteiger partial charge on any atom is 0.271 e. The minimum Gasteiger partial charge on any atom is -0.349 e. The summed E-state index contributed by atoms with van der Waals surface area (Å²) in [5.41, 5.74) is 2.35. The number of nitrogens with one attached hydrogen (secondary N) is 1. The molecule has 3 rings (SSSR count). The van der Waals surface area contributed by atoms with E-state index in [1.54, 1.807) is 11.3 Å². The number of thiophene rings is 1. The average Bonchev–Trinajstić information content (AvgIpc) is 3.18. The van der Waals surface area contributed by atoms with E-state index in [2.05, 4.69) is 26.4 Å². The van der Waals surface area contributed by atoms with Gasteiger partial charge in [0.25, 0.3) is 5.91 Å². The van der Waals surface area contributed by atoms with Gasteiger partial charge in [-0.3, -0.25) is 14.5 Å². The molecule has 7 heteroatoms. The van der Waals surface area contributed by atoms with Gasteiger partial charge in [0.15, 0.2) is 0 Å². The standard InChI is InChI=1S/C15H15N5OS/c1-11-9-12(14-3-2-8-22-14)19-20(11)7-6-18-15(21)13-10-16-4-5-17-13/h2-5,8-10H,6-7H2,1H3,(H,18,21). The molecule has 1 N–H and O–H groups in total. The Hall–Kier alpha value is -2.54. The molecule has 0 unspecified atom stereocenters. The van der Waals surface area contributed by atoms with E-state index in [0.29, 0.717) is 18.8 Å². The summed E-state index contributed by atoms with van der Waals surface area (Å²) in [6.45, 7) is 3.11. The van der Waals surface area contributed by atoms with Gasteiger partial charge in [0.1, 0.15) is 11.4 Å². The van der Waals surface area contributed by atoms with Crippen molar-refractivity contribution in [2.45, 2.75) is 13.5 Å². The second kappa shape index (κ2) is 6.48.